The quantitative estimate of drug-likeness (QED) is 0.314. The van der Waals surface area contributed by atoms with Crippen LogP contribution in [-0.2, 0) is 11.3 Å². The molecule has 1 N–H and O–H groups in total. The van der Waals surface area contributed by atoms with E-state index in [2.05, 4.69) is 13.8 Å². The van der Waals surface area contributed by atoms with E-state index in [1.165, 1.54) is 4.90 Å². The highest BCUT2D eigenvalue weighted by molar-refractivity contribution is 6.15. The van der Waals surface area contributed by atoms with Crippen molar-refractivity contribution in [2.24, 2.45) is 5.92 Å². The largest absolute Gasteiger partial charge is 0.503 e. The van der Waals surface area contributed by atoms with Gasteiger partial charge in [0.1, 0.15) is 5.76 Å². The topological polar surface area (TPSA) is 89.2 Å². The predicted molar refractivity (Wildman–Crippen MR) is 140 cm³/mol. The molecule has 7 heteroatoms. The lowest BCUT2D eigenvalue weighted by Crippen LogP contribution is -2.30. The fourth-order valence-electron chi connectivity index (χ4n) is 4.35. The number of carbonyl (C=O) groups is 2. The summed E-state index contributed by atoms with van der Waals surface area (Å²) in [4.78, 5) is 28.3. The van der Waals surface area contributed by atoms with Crippen molar-refractivity contribution in [1.29, 1.82) is 0 Å². The molecule has 1 amide bonds. The minimum absolute atomic E-state index is 0.0220. The van der Waals surface area contributed by atoms with Crippen molar-refractivity contribution in [2.45, 2.75) is 46.7 Å². The highest BCUT2D eigenvalue weighted by atomic mass is 16.5. The standard InChI is InChI=1S/C30H33NO6/c1-5-35-25-17-22(12-14-23(25)36-16-15-19(2)3)27-26(28(32)24-13-11-20(4)37-24)29(33)30(34)31(27)18-21-9-7-6-8-10-21/h6-14,17,19,27,33H,5,15-16,18H2,1-4H3. The fraction of sp³-hybridized carbons (Fsp3) is 0.333. The number of furan rings is 1. The van der Waals surface area contributed by atoms with Gasteiger partial charge >= 0.3 is 0 Å². The van der Waals surface area contributed by atoms with Crippen molar-refractivity contribution in [3.05, 3.63) is 94.6 Å². The molecule has 2 aromatic carbocycles. The molecule has 0 fully saturated rings. The van der Waals surface area contributed by atoms with E-state index >= 15 is 0 Å². The summed E-state index contributed by atoms with van der Waals surface area (Å²) in [5.41, 5.74) is 1.47. The van der Waals surface area contributed by atoms with Gasteiger partial charge in [0.2, 0.25) is 5.78 Å². The van der Waals surface area contributed by atoms with Gasteiger partial charge < -0.3 is 23.9 Å². The Hall–Kier alpha value is -4.00. The van der Waals surface area contributed by atoms with Crippen LogP contribution in [-0.4, -0.2) is 34.9 Å². The van der Waals surface area contributed by atoms with Gasteiger partial charge in [-0.15, -0.1) is 0 Å². The molecular formula is C30H33NO6. The fourth-order valence-corrected chi connectivity index (χ4v) is 4.35. The molecule has 7 nitrogen and oxygen atoms in total. The molecule has 194 valence electrons. The molecule has 4 rings (SSSR count). The van der Waals surface area contributed by atoms with Crippen LogP contribution in [0.25, 0.3) is 0 Å². The zero-order chi connectivity index (χ0) is 26.5. The minimum Gasteiger partial charge on any atom is -0.503 e. The van der Waals surface area contributed by atoms with Crippen LogP contribution in [0.4, 0.5) is 0 Å². The Balaban J connectivity index is 1.76. The molecule has 0 radical (unpaired) electrons. The summed E-state index contributed by atoms with van der Waals surface area (Å²) in [6.07, 6.45) is 0.896. The molecule has 1 aromatic heterocycles. The van der Waals surface area contributed by atoms with Gasteiger partial charge in [-0.3, -0.25) is 9.59 Å². The van der Waals surface area contributed by atoms with Gasteiger partial charge in [-0.05, 0) is 61.6 Å². The van der Waals surface area contributed by atoms with E-state index in [0.29, 0.717) is 42.0 Å². The number of ether oxygens (including phenoxy) is 2. The highest BCUT2D eigenvalue weighted by Crippen LogP contribution is 2.42. The highest BCUT2D eigenvalue weighted by Gasteiger charge is 2.44. The lowest BCUT2D eigenvalue weighted by Gasteiger charge is -2.27. The third kappa shape index (κ3) is 5.71. The third-order valence-corrected chi connectivity index (χ3v) is 6.24. The Morgan fingerprint density at radius 3 is 2.46 bits per heavy atom. The Kier molecular flexibility index (Phi) is 8.01. The number of rotatable bonds is 11. The lowest BCUT2D eigenvalue weighted by atomic mass is 9.94. The summed E-state index contributed by atoms with van der Waals surface area (Å²) in [5, 5.41) is 10.9. The maximum absolute atomic E-state index is 13.5. The van der Waals surface area contributed by atoms with Crippen LogP contribution < -0.4 is 9.47 Å². The molecule has 0 aliphatic carbocycles. The second kappa shape index (κ2) is 11.4. The average Bonchev–Trinajstić information content (AvgIpc) is 3.42. The number of aliphatic hydroxyl groups excluding tert-OH is 1. The minimum atomic E-state index is -0.838. The van der Waals surface area contributed by atoms with Crippen LogP contribution in [0.5, 0.6) is 11.5 Å². The molecule has 0 bridgehead atoms. The SMILES string of the molecule is CCOc1cc(C2C(C(=O)c3ccc(C)o3)=C(O)C(=O)N2Cc2ccccc2)ccc1OCCC(C)C. The first-order valence-corrected chi connectivity index (χ1v) is 12.6. The van der Waals surface area contributed by atoms with E-state index in [-0.39, 0.29) is 17.9 Å². The summed E-state index contributed by atoms with van der Waals surface area (Å²) in [6.45, 7) is 9.04. The van der Waals surface area contributed by atoms with Crippen LogP contribution in [0.2, 0.25) is 0 Å². The maximum atomic E-state index is 13.5. The number of nitrogens with zero attached hydrogens (tertiary/aromatic N) is 1. The Morgan fingerprint density at radius 1 is 1.05 bits per heavy atom. The van der Waals surface area contributed by atoms with Gasteiger partial charge in [0.05, 0.1) is 24.8 Å². The van der Waals surface area contributed by atoms with E-state index in [0.717, 1.165) is 12.0 Å². The predicted octanol–water partition coefficient (Wildman–Crippen LogP) is 6.19. The summed E-state index contributed by atoms with van der Waals surface area (Å²) in [6, 6.07) is 17.2. The van der Waals surface area contributed by atoms with Crippen molar-refractivity contribution in [1.82, 2.24) is 4.90 Å². The zero-order valence-electron chi connectivity index (χ0n) is 21.7. The van der Waals surface area contributed by atoms with Gasteiger partial charge in [0.25, 0.3) is 5.91 Å². The molecule has 1 atom stereocenters. The summed E-state index contributed by atoms with van der Waals surface area (Å²) < 4.78 is 17.4. The van der Waals surface area contributed by atoms with Gasteiger partial charge in [0, 0.05) is 6.54 Å². The Labute approximate surface area is 217 Å². The van der Waals surface area contributed by atoms with Crippen LogP contribution in [0.15, 0.2) is 76.4 Å². The van der Waals surface area contributed by atoms with Crippen LogP contribution in [0.3, 0.4) is 0 Å². The number of ketones is 1. The second-order valence-corrected chi connectivity index (χ2v) is 9.49. The first-order valence-electron chi connectivity index (χ1n) is 12.6. The molecule has 0 spiro atoms. The Bertz CT molecular complexity index is 1290. The molecule has 1 aliphatic rings. The van der Waals surface area contributed by atoms with E-state index in [1.807, 2.05) is 43.3 Å². The first-order chi connectivity index (χ1) is 17.8. The normalized spacial score (nSPS) is 15.5. The lowest BCUT2D eigenvalue weighted by molar-refractivity contribution is -0.130. The van der Waals surface area contributed by atoms with Crippen LogP contribution in [0.1, 0.15) is 60.7 Å². The monoisotopic (exact) mass is 503 g/mol. The van der Waals surface area contributed by atoms with Crippen LogP contribution >= 0.6 is 0 Å². The van der Waals surface area contributed by atoms with E-state index in [9.17, 15) is 14.7 Å². The number of amides is 1. The number of aryl methyl sites for hydroxylation is 1. The van der Waals surface area contributed by atoms with Crippen molar-refractivity contribution in [3.63, 3.8) is 0 Å². The van der Waals surface area contributed by atoms with Gasteiger partial charge in [0.15, 0.2) is 23.0 Å². The number of aliphatic hydroxyl groups is 1. The van der Waals surface area contributed by atoms with Gasteiger partial charge in [-0.2, -0.15) is 0 Å². The molecule has 0 saturated carbocycles. The summed E-state index contributed by atoms with van der Waals surface area (Å²) >= 11 is 0. The summed E-state index contributed by atoms with van der Waals surface area (Å²) in [7, 11) is 0. The summed E-state index contributed by atoms with van der Waals surface area (Å²) in [5.74, 6) is 0.512. The molecule has 2 heterocycles. The van der Waals surface area contributed by atoms with E-state index in [4.69, 9.17) is 13.9 Å². The first kappa shape index (κ1) is 26.1. The zero-order valence-corrected chi connectivity index (χ0v) is 21.7. The molecule has 0 saturated heterocycles. The van der Waals surface area contributed by atoms with Crippen LogP contribution in [0, 0.1) is 12.8 Å². The number of Topliss-reactive ketones (excluding diaryl/α,β-unsaturated/α-hetero) is 1. The molecule has 1 aliphatic heterocycles. The third-order valence-electron chi connectivity index (χ3n) is 6.24. The van der Waals surface area contributed by atoms with E-state index in [1.54, 1.807) is 31.2 Å². The number of hydrogen-bond donors (Lipinski definition) is 1. The number of carbonyl (C=O) groups excluding carboxylic acids is 2. The molecule has 37 heavy (non-hydrogen) atoms. The van der Waals surface area contributed by atoms with Crippen molar-refractivity contribution >= 4 is 11.7 Å². The molecule has 3 aromatic rings. The van der Waals surface area contributed by atoms with Crippen molar-refractivity contribution in [3.8, 4) is 11.5 Å². The second-order valence-electron chi connectivity index (χ2n) is 9.49. The van der Waals surface area contributed by atoms with Crippen molar-refractivity contribution < 1.29 is 28.6 Å². The van der Waals surface area contributed by atoms with Gasteiger partial charge in [-0.25, -0.2) is 0 Å². The molecular weight excluding hydrogens is 470 g/mol. The number of benzene rings is 2. The number of hydrogen-bond acceptors (Lipinski definition) is 6. The smallest absolute Gasteiger partial charge is 0.290 e. The average molecular weight is 504 g/mol. The van der Waals surface area contributed by atoms with E-state index < -0.39 is 23.5 Å². The Morgan fingerprint density at radius 2 is 1.81 bits per heavy atom. The molecule has 1 unspecified atom stereocenters. The van der Waals surface area contributed by atoms with Gasteiger partial charge in [-0.1, -0.05) is 50.2 Å². The van der Waals surface area contributed by atoms with Crippen molar-refractivity contribution in [2.75, 3.05) is 13.2 Å². The maximum Gasteiger partial charge on any atom is 0.290 e.